The van der Waals surface area contributed by atoms with Gasteiger partial charge in [0, 0.05) is 13.1 Å². The molecule has 0 saturated heterocycles. The monoisotopic (exact) mass is 313 g/mol. The summed E-state index contributed by atoms with van der Waals surface area (Å²) in [6.45, 7) is 4.59. The molecule has 1 aromatic rings. The lowest BCUT2D eigenvalue weighted by atomic mass is 10.0. The van der Waals surface area contributed by atoms with Crippen molar-refractivity contribution in [3.8, 4) is 0 Å². The van der Waals surface area contributed by atoms with Gasteiger partial charge in [-0.25, -0.2) is 13.1 Å². The summed E-state index contributed by atoms with van der Waals surface area (Å²) in [5.74, 6) is -0.381. The van der Waals surface area contributed by atoms with Crippen molar-refractivity contribution < 1.29 is 13.2 Å². The fourth-order valence-electron chi connectivity index (χ4n) is 1.98. The standard InChI is InChI=1S/C14H23N3O3S/c1-4-13(16-5-2)11-7-6-8-12(9-11)21(19,20)17-10-14(18)15-3/h6-9,13,16-17H,4-5,10H2,1-3H3,(H,15,18). The van der Waals surface area contributed by atoms with E-state index in [0.29, 0.717) is 0 Å². The van der Waals surface area contributed by atoms with Crippen LogP contribution in [0.5, 0.6) is 0 Å². The number of carbonyl (C=O) groups excluding carboxylic acids is 1. The number of sulfonamides is 1. The first-order chi connectivity index (χ1) is 9.94. The molecule has 0 heterocycles. The Morgan fingerprint density at radius 1 is 1.29 bits per heavy atom. The van der Waals surface area contributed by atoms with E-state index in [2.05, 4.69) is 15.4 Å². The molecular weight excluding hydrogens is 290 g/mol. The Labute approximate surface area is 126 Å². The summed E-state index contributed by atoms with van der Waals surface area (Å²) in [6, 6.07) is 6.89. The summed E-state index contributed by atoms with van der Waals surface area (Å²) in [5, 5.41) is 5.68. The molecule has 3 N–H and O–H groups in total. The van der Waals surface area contributed by atoms with Crippen molar-refractivity contribution in [1.82, 2.24) is 15.4 Å². The SMILES string of the molecule is CCNC(CC)c1cccc(S(=O)(=O)NCC(=O)NC)c1. The van der Waals surface area contributed by atoms with Crippen LogP contribution in [-0.4, -0.2) is 34.5 Å². The van der Waals surface area contributed by atoms with Crippen LogP contribution in [0.2, 0.25) is 0 Å². The van der Waals surface area contributed by atoms with Crippen LogP contribution in [0.15, 0.2) is 29.2 Å². The van der Waals surface area contributed by atoms with E-state index in [4.69, 9.17) is 0 Å². The Bertz CT molecular complexity index is 573. The van der Waals surface area contributed by atoms with E-state index < -0.39 is 10.0 Å². The van der Waals surface area contributed by atoms with Gasteiger partial charge in [-0.3, -0.25) is 4.79 Å². The van der Waals surface area contributed by atoms with E-state index in [1.807, 2.05) is 19.9 Å². The summed E-state index contributed by atoms with van der Waals surface area (Å²) in [5.41, 5.74) is 0.919. The van der Waals surface area contributed by atoms with Crippen molar-refractivity contribution >= 4 is 15.9 Å². The zero-order chi connectivity index (χ0) is 15.9. The third-order valence-electron chi connectivity index (χ3n) is 3.13. The van der Waals surface area contributed by atoms with Crippen LogP contribution in [0.1, 0.15) is 31.9 Å². The molecule has 6 nitrogen and oxygen atoms in total. The van der Waals surface area contributed by atoms with E-state index >= 15 is 0 Å². The molecule has 1 rings (SSSR count). The van der Waals surface area contributed by atoms with E-state index in [1.165, 1.54) is 13.1 Å². The third-order valence-corrected chi connectivity index (χ3v) is 4.53. The average molecular weight is 313 g/mol. The molecule has 0 bridgehead atoms. The Balaban J connectivity index is 2.95. The van der Waals surface area contributed by atoms with Crippen LogP contribution in [0, 0.1) is 0 Å². The normalized spacial score (nSPS) is 12.9. The number of hydrogen-bond donors (Lipinski definition) is 3. The fraction of sp³-hybridized carbons (Fsp3) is 0.500. The maximum Gasteiger partial charge on any atom is 0.241 e. The molecule has 21 heavy (non-hydrogen) atoms. The highest BCUT2D eigenvalue weighted by atomic mass is 32.2. The summed E-state index contributed by atoms with van der Waals surface area (Å²) in [4.78, 5) is 11.3. The van der Waals surface area contributed by atoms with Crippen molar-refractivity contribution in [2.45, 2.75) is 31.2 Å². The van der Waals surface area contributed by atoms with Gasteiger partial charge in [-0.1, -0.05) is 26.0 Å². The van der Waals surface area contributed by atoms with Crippen molar-refractivity contribution in [3.63, 3.8) is 0 Å². The smallest absolute Gasteiger partial charge is 0.241 e. The first-order valence-corrected chi connectivity index (χ1v) is 8.46. The second-order valence-corrected chi connectivity index (χ2v) is 6.36. The number of nitrogens with one attached hydrogen (secondary N) is 3. The van der Waals surface area contributed by atoms with Crippen molar-refractivity contribution in [3.05, 3.63) is 29.8 Å². The summed E-state index contributed by atoms with van der Waals surface area (Å²) in [6.07, 6.45) is 0.864. The van der Waals surface area contributed by atoms with E-state index in [9.17, 15) is 13.2 Å². The Morgan fingerprint density at radius 2 is 2.00 bits per heavy atom. The number of hydrogen-bond acceptors (Lipinski definition) is 4. The van der Waals surface area contributed by atoms with Gasteiger partial charge < -0.3 is 10.6 Å². The maximum atomic E-state index is 12.2. The molecule has 0 aliphatic carbocycles. The molecule has 0 aromatic heterocycles. The Kier molecular flexibility index (Phi) is 6.80. The predicted octanol–water partition coefficient (Wildman–Crippen LogP) is 0.772. The summed E-state index contributed by atoms with van der Waals surface area (Å²) >= 11 is 0. The number of amides is 1. The topological polar surface area (TPSA) is 87.3 Å². The quantitative estimate of drug-likeness (QED) is 0.661. The molecule has 1 amide bonds. The van der Waals surface area contributed by atoms with Gasteiger partial charge in [0.15, 0.2) is 0 Å². The van der Waals surface area contributed by atoms with Gasteiger partial charge in [0.25, 0.3) is 0 Å². The summed E-state index contributed by atoms with van der Waals surface area (Å²) in [7, 11) is -2.23. The molecule has 1 aromatic carbocycles. The summed E-state index contributed by atoms with van der Waals surface area (Å²) < 4.78 is 26.6. The van der Waals surface area contributed by atoms with Gasteiger partial charge in [-0.15, -0.1) is 0 Å². The lowest BCUT2D eigenvalue weighted by Crippen LogP contribution is -2.35. The van der Waals surface area contributed by atoms with Crippen LogP contribution >= 0.6 is 0 Å². The highest BCUT2D eigenvalue weighted by Gasteiger charge is 2.17. The highest BCUT2D eigenvalue weighted by molar-refractivity contribution is 7.89. The van der Waals surface area contributed by atoms with E-state index in [1.54, 1.807) is 12.1 Å². The highest BCUT2D eigenvalue weighted by Crippen LogP contribution is 2.20. The van der Waals surface area contributed by atoms with E-state index in [0.717, 1.165) is 18.5 Å². The molecule has 7 heteroatoms. The largest absolute Gasteiger partial charge is 0.358 e. The van der Waals surface area contributed by atoms with E-state index in [-0.39, 0.29) is 23.4 Å². The lowest BCUT2D eigenvalue weighted by molar-refractivity contribution is -0.119. The van der Waals surface area contributed by atoms with Crippen molar-refractivity contribution in [1.29, 1.82) is 0 Å². The fourth-order valence-corrected chi connectivity index (χ4v) is 3.01. The van der Waals surface area contributed by atoms with Gasteiger partial charge in [0.1, 0.15) is 0 Å². The third kappa shape index (κ3) is 5.11. The van der Waals surface area contributed by atoms with Crippen LogP contribution < -0.4 is 15.4 Å². The van der Waals surface area contributed by atoms with Gasteiger partial charge >= 0.3 is 0 Å². The first kappa shape index (κ1) is 17.6. The Hall–Kier alpha value is -1.44. The number of carbonyl (C=O) groups is 1. The van der Waals surface area contributed by atoms with Gasteiger partial charge in [-0.05, 0) is 30.7 Å². The average Bonchev–Trinajstić information content (AvgIpc) is 2.50. The molecule has 1 unspecified atom stereocenters. The molecule has 0 radical (unpaired) electrons. The van der Waals surface area contributed by atoms with Crippen molar-refractivity contribution in [2.75, 3.05) is 20.1 Å². The molecule has 1 atom stereocenters. The van der Waals surface area contributed by atoms with Crippen LogP contribution in [0.4, 0.5) is 0 Å². The molecular formula is C14H23N3O3S. The molecule has 0 aliphatic heterocycles. The lowest BCUT2D eigenvalue weighted by Gasteiger charge is -2.17. The van der Waals surface area contributed by atoms with Gasteiger partial charge in [-0.2, -0.15) is 0 Å². The number of likely N-dealkylation sites (N-methyl/N-ethyl adjacent to an activating group) is 1. The predicted molar refractivity (Wildman–Crippen MR) is 82.4 cm³/mol. The molecule has 0 aliphatic rings. The molecule has 0 saturated carbocycles. The maximum absolute atomic E-state index is 12.2. The van der Waals surface area contributed by atoms with Crippen LogP contribution in [0.25, 0.3) is 0 Å². The molecule has 0 spiro atoms. The second-order valence-electron chi connectivity index (χ2n) is 4.59. The minimum Gasteiger partial charge on any atom is -0.358 e. The minimum atomic E-state index is -3.68. The van der Waals surface area contributed by atoms with Crippen LogP contribution in [0.3, 0.4) is 0 Å². The first-order valence-electron chi connectivity index (χ1n) is 6.98. The van der Waals surface area contributed by atoms with Crippen LogP contribution in [-0.2, 0) is 14.8 Å². The Morgan fingerprint density at radius 3 is 2.57 bits per heavy atom. The molecule has 118 valence electrons. The van der Waals surface area contributed by atoms with Gasteiger partial charge in [0.2, 0.25) is 15.9 Å². The van der Waals surface area contributed by atoms with Gasteiger partial charge in [0.05, 0.1) is 11.4 Å². The zero-order valence-electron chi connectivity index (χ0n) is 12.6. The number of benzene rings is 1. The molecule has 0 fully saturated rings. The second kappa shape index (κ2) is 8.11. The number of rotatable bonds is 8. The zero-order valence-corrected chi connectivity index (χ0v) is 13.5. The van der Waals surface area contributed by atoms with Crippen molar-refractivity contribution in [2.24, 2.45) is 0 Å². The minimum absolute atomic E-state index is 0.115.